The summed E-state index contributed by atoms with van der Waals surface area (Å²) in [6.07, 6.45) is 1.42. The van der Waals surface area contributed by atoms with Crippen molar-refractivity contribution >= 4 is 5.97 Å². The smallest absolute Gasteiger partial charge is 0.339 e. The molecule has 106 valence electrons. The Balaban J connectivity index is 2.21. The Morgan fingerprint density at radius 1 is 1.37 bits per heavy atom. The Bertz CT molecular complexity index is 393. The molecular weight excluding hydrogens is 246 g/mol. The van der Waals surface area contributed by atoms with Crippen molar-refractivity contribution in [1.29, 1.82) is 0 Å². The van der Waals surface area contributed by atoms with Crippen molar-refractivity contribution in [2.45, 2.75) is 25.9 Å². The molecule has 1 atom stereocenters. The molecule has 0 aliphatic carbocycles. The van der Waals surface area contributed by atoms with Crippen molar-refractivity contribution in [3.63, 3.8) is 0 Å². The molecule has 0 bridgehead atoms. The van der Waals surface area contributed by atoms with Crippen molar-refractivity contribution < 1.29 is 19.7 Å². The second kappa shape index (κ2) is 8.50. The molecule has 0 spiro atoms. The van der Waals surface area contributed by atoms with Crippen LogP contribution in [0.25, 0.3) is 0 Å². The van der Waals surface area contributed by atoms with Gasteiger partial charge < -0.3 is 20.3 Å². The number of aromatic carboxylic acids is 1. The van der Waals surface area contributed by atoms with E-state index in [9.17, 15) is 4.79 Å². The molecule has 0 aliphatic rings. The van der Waals surface area contributed by atoms with Gasteiger partial charge in [-0.2, -0.15) is 0 Å². The van der Waals surface area contributed by atoms with E-state index in [1.807, 2.05) is 0 Å². The van der Waals surface area contributed by atoms with Crippen LogP contribution in [0.4, 0.5) is 0 Å². The van der Waals surface area contributed by atoms with Crippen molar-refractivity contribution in [2.24, 2.45) is 0 Å². The van der Waals surface area contributed by atoms with E-state index in [0.29, 0.717) is 18.9 Å². The number of aliphatic hydroxyl groups excluding tert-OH is 1. The van der Waals surface area contributed by atoms with E-state index in [1.165, 1.54) is 6.07 Å². The van der Waals surface area contributed by atoms with Gasteiger partial charge in [-0.25, -0.2) is 4.79 Å². The molecular formula is C14H21NO4. The third-order valence-corrected chi connectivity index (χ3v) is 2.63. The Labute approximate surface area is 113 Å². The molecule has 0 amide bonds. The third kappa shape index (κ3) is 6.22. The van der Waals surface area contributed by atoms with Crippen molar-refractivity contribution in [1.82, 2.24) is 5.32 Å². The van der Waals surface area contributed by atoms with Gasteiger partial charge in [0.2, 0.25) is 0 Å². The van der Waals surface area contributed by atoms with Gasteiger partial charge in [0.1, 0.15) is 17.9 Å². The fourth-order valence-electron chi connectivity index (χ4n) is 1.65. The SMILES string of the molecule is CC(O)CCCNCCOc1ccccc1C(=O)O. The van der Waals surface area contributed by atoms with E-state index in [0.717, 1.165) is 19.4 Å². The number of hydrogen-bond acceptors (Lipinski definition) is 4. The summed E-state index contributed by atoms with van der Waals surface area (Å²) in [5.74, 6) is -0.596. The highest BCUT2D eigenvalue weighted by molar-refractivity contribution is 5.90. The minimum absolute atomic E-state index is 0.177. The van der Waals surface area contributed by atoms with Gasteiger partial charge in [0, 0.05) is 6.54 Å². The highest BCUT2D eigenvalue weighted by Gasteiger charge is 2.09. The molecule has 0 aromatic heterocycles. The van der Waals surface area contributed by atoms with Gasteiger partial charge in [0.05, 0.1) is 6.10 Å². The van der Waals surface area contributed by atoms with Crippen LogP contribution >= 0.6 is 0 Å². The second-order valence-corrected chi connectivity index (χ2v) is 4.39. The molecule has 0 saturated carbocycles. The molecule has 1 rings (SSSR count). The monoisotopic (exact) mass is 267 g/mol. The second-order valence-electron chi connectivity index (χ2n) is 4.39. The molecule has 0 heterocycles. The molecule has 5 nitrogen and oxygen atoms in total. The van der Waals surface area contributed by atoms with Crippen LogP contribution in [0.3, 0.4) is 0 Å². The van der Waals surface area contributed by atoms with Gasteiger partial charge in [0.25, 0.3) is 0 Å². The summed E-state index contributed by atoms with van der Waals surface area (Å²) in [5, 5.41) is 21.2. The maximum atomic E-state index is 10.9. The lowest BCUT2D eigenvalue weighted by molar-refractivity contribution is 0.0692. The zero-order chi connectivity index (χ0) is 14.1. The van der Waals surface area contributed by atoms with Gasteiger partial charge >= 0.3 is 5.97 Å². The summed E-state index contributed by atoms with van der Waals surface area (Å²) in [6.45, 7) is 3.65. The van der Waals surface area contributed by atoms with E-state index in [1.54, 1.807) is 25.1 Å². The van der Waals surface area contributed by atoms with Crippen LogP contribution in [-0.2, 0) is 0 Å². The maximum Gasteiger partial charge on any atom is 0.339 e. The predicted molar refractivity (Wildman–Crippen MR) is 72.7 cm³/mol. The standard InChI is InChI=1S/C14H21NO4/c1-11(16)5-4-8-15-9-10-19-13-7-3-2-6-12(13)14(17)18/h2-3,6-7,11,15-16H,4-5,8-10H2,1H3,(H,17,18). The van der Waals surface area contributed by atoms with E-state index in [-0.39, 0.29) is 11.7 Å². The highest BCUT2D eigenvalue weighted by Crippen LogP contribution is 2.17. The molecule has 1 aromatic carbocycles. The lowest BCUT2D eigenvalue weighted by atomic mass is 10.2. The topological polar surface area (TPSA) is 78.8 Å². The number of ether oxygens (including phenoxy) is 1. The first-order valence-corrected chi connectivity index (χ1v) is 6.45. The van der Waals surface area contributed by atoms with Crippen molar-refractivity contribution in [3.8, 4) is 5.75 Å². The number of carboxylic acid groups (broad SMARTS) is 1. The normalized spacial score (nSPS) is 12.1. The van der Waals surface area contributed by atoms with Gasteiger partial charge in [-0.05, 0) is 38.4 Å². The zero-order valence-corrected chi connectivity index (χ0v) is 11.1. The van der Waals surface area contributed by atoms with Gasteiger partial charge in [-0.15, -0.1) is 0 Å². The van der Waals surface area contributed by atoms with Crippen LogP contribution in [-0.4, -0.2) is 42.0 Å². The van der Waals surface area contributed by atoms with Crippen molar-refractivity contribution in [3.05, 3.63) is 29.8 Å². The lowest BCUT2D eigenvalue weighted by Crippen LogP contribution is -2.23. The summed E-state index contributed by atoms with van der Waals surface area (Å²) in [6, 6.07) is 6.59. The van der Waals surface area contributed by atoms with Crippen LogP contribution in [0.2, 0.25) is 0 Å². The number of para-hydroxylation sites is 1. The van der Waals surface area contributed by atoms with E-state index < -0.39 is 5.97 Å². The number of carboxylic acids is 1. The number of carbonyl (C=O) groups is 1. The van der Waals surface area contributed by atoms with Crippen LogP contribution in [0.15, 0.2) is 24.3 Å². The number of hydrogen-bond donors (Lipinski definition) is 3. The van der Waals surface area contributed by atoms with E-state index >= 15 is 0 Å². The fourth-order valence-corrected chi connectivity index (χ4v) is 1.65. The predicted octanol–water partition coefficient (Wildman–Crippen LogP) is 1.51. The minimum atomic E-state index is -0.986. The average molecular weight is 267 g/mol. The van der Waals surface area contributed by atoms with Crippen LogP contribution in [0.1, 0.15) is 30.1 Å². The first-order chi connectivity index (χ1) is 9.11. The molecule has 0 saturated heterocycles. The summed E-state index contributed by atoms with van der Waals surface area (Å²) >= 11 is 0. The number of nitrogens with one attached hydrogen (secondary N) is 1. The Hall–Kier alpha value is -1.59. The molecule has 1 unspecified atom stereocenters. The Kier molecular flexibility index (Phi) is 6.92. The van der Waals surface area contributed by atoms with E-state index in [4.69, 9.17) is 14.9 Å². The molecule has 0 radical (unpaired) electrons. The molecule has 3 N–H and O–H groups in total. The highest BCUT2D eigenvalue weighted by atomic mass is 16.5. The minimum Gasteiger partial charge on any atom is -0.491 e. The zero-order valence-electron chi connectivity index (χ0n) is 11.1. The average Bonchev–Trinajstić information content (AvgIpc) is 2.37. The molecule has 0 aliphatic heterocycles. The number of aliphatic hydroxyl groups is 1. The van der Waals surface area contributed by atoms with Gasteiger partial charge in [-0.1, -0.05) is 12.1 Å². The van der Waals surface area contributed by atoms with Crippen LogP contribution in [0.5, 0.6) is 5.75 Å². The first-order valence-electron chi connectivity index (χ1n) is 6.45. The first kappa shape index (κ1) is 15.5. The molecule has 5 heteroatoms. The maximum absolute atomic E-state index is 10.9. The lowest BCUT2D eigenvalue weighted by Gasteiger charge is -2.10. The van der Waals surface area contributed by atoms with Crippen LogP contribution in [0, 0.1) is 0 Å². The summed E-state index contributed by atoms with van der Waals surface area (Å²) in [4.78, 5) is 10.9. The summed E-state index contributed by atoms with van der Waals surface area (Å²) < 4.78 is 5.43. The fraction of sp³-hybridized carbons (Fsp3) is 0.500. The largest absolute Gasteiger partial charge is 0.491 e. The van der Waals surface area contributed by atoms with E-state index in [2.05, 4.69) is 5.32 Å². The summed E-state index contributed by atoms with van der Waals surface area (Å²) in [5.41, 5.74) is 0.177. The van der Waals surface area contributed by atoms with Gasteiger partial charge in [0.15, 0.2) is 0 Å². The van der Waals surface area contributed by atoms with Gasteiger partial charge in [-0.3, -0.25) is 0 Å². The molecule has 19 heavy (non-hydrogen) atoms. The number of benzene rings is 1. The quantitative estimate of drug-likeness (QED) is 0.591. The Morgan fingerprint density at radius 2 is 2.11 bits per heavy atom. The number of rotatable bonds is 9. The molecule has 1 aromatic rings. The van der Waals surface area contributed by atoms with Crippen LogP contribution < -0.4 is 10.1 Å². The third-order valence-electron chi connectivity index (χ3n) is 2.63. The summed E-state index contributed by atoms with van der Waals surface area (Å²) in [7, 11) is 0. The Morgan fingerprint density at radius 3 is 2.79 bits per heavy atom. The van der Waals surface area contributed by atoms with Crippen molar-refractivity contribution in [2.75, 3.05) is 19.7 Å². The molecule has 0 fully saturated rings.